The molecule has 0 aliphatic heterocycles. The summed E-state index contributed by atoms with van der Waals surface area (Å²) in [5, 5.41) is 18.6. The number of hydrogen-bond donors (Lipinski definition) is 3. The monoisotopic (exact) mass is 432 g/mol. The van der Waals surface area contributed by atoms with Gasteiger partial charge < -0.3 is 16.0 Å². The van der Waals surface area contributed by atoms with Gasteiger partial charge in [-0.15, -0.1) is 0 Å². The molecular formula is C25H25ClN4O. The summed E-state index contributed by atoms with van der Waals surface area (Å²) in [4.78, 5) is 12.3. The maximum atomic E-state index is 12.3. The smallest absolute Gasteiger partial charge is 0.319 e. The van der Waals surface area contributed by atoms with Gasteiger partial charge in [0.05, 0.1) is 11.6 Å². The fraction of sp³-hybridized carbons (Fsp3) is 0.200. The zero-order valence-electron chi connectivity index (χ0n) is 17.4. The quantitative estimate of drug-likeness (QED) is 0.446. The number of amides is 2. The Kier molecular flexibility index (Phi) is 8.05. The average molecular weight is 433 g/mol. The van der Waals surface area contributed by atoms with Crippen LogP contribution in [0.5, 0.6) is 0 Å². The Labute approximate surface area is 188 Å². The molecule has 2 amide bonds. The van der Waals surface area contributed by atoms with Crippen LogP contribution in [0, 0.1) is 11.3 Å². The van der Waals surface area contributed by atoms with Crippen LogP contribution in [0.15, 0.2) is 72.8 Å². The van der Waals surface area contributed by atoms with Crippen molar-refractivity contribution in [3.63, 3.8) is 0 Å². The average Bonchev–Trinajstić information content (AvgIpc) is 2.79. The summed E-state index contributed by atoms with van der Waals surface area (Å²) in [5.74, 6) is 0.164. The van der Waals surface area contributed by atoms with Gasteiger partial charge in [-0.1, -0.05) is 54.1 Å². The summed E-state index contributed by atoms with van der Waals surface area (Å²) in [7, 11) is 1.92. The lowest BCUT2D eigenvalue weighted by Crippen LogP contribution is -2.33. The first kappa shape index (κ1) is 22.4. The molecule has 0 saturated carbocycles. The number of carbonyl (C=O) groups is 1. The Hall–Kier alpha value is -3.33. The fourth-order valence-corrected chi connectivity index (χ4v) is 3.57. The SMILES string of the molecule is CNCCC(CNC(=O)Nc1cccc(Cl)c1)c1ccc(-c2cccc(C#N)c2)cc1. The van der Waals surface area contributed by atoms with Crippen molar-refractivity contribution in [2.24, 2.45) is 0 Å². The third-order valence-electron chi connectivity index (χ3n) is 5.04. The molecule has 0 spiro atoms. The van der Waals surface area contributed by atoms with E-state index in [0.29, 0.717) is 22.8 Å². The van der Waals surface area contributed by atoms with Crippen LogP contribution in [-0.2, 0) is 0 Å². The molecule has 1 unspecified atom stereocenters. The maximum Gasteiger partial charge on any atom is 0.319 e. The third-order valence-corrected chi connectivity index (χ3v) is 5.28. The molecule has 3 aromatic rings. The number of urea groups is 1. The van der Waals surface area contributed by atoms with Crippen LogP contribution in [0.3, 0.4) is 0 Å². The second-order valence-electron chi connectivity index (χ2n) is 7.25. The van der Waals surface area contributed by atoms with Gasteiger partial charge in [0.15, 0.2) is 0 Å². The Morgan fingerprint density at radius 1 is 1.03 bits per heavy atom. The standard InChI is InChI=1S/C25H25ClN4O/c1-28-13-12-22(17-29-25(31)30-24-7-3-6-23(26)15-24)20-10-8-19(9-11-20)21-5-2-4-18(14-21)16-27/h2-11,14-15,22,28H,12-13,17H2,1H3,(H2,29,30,31). The summed E-state index contributed by atoms with van der Waals surface area (Å²) < 4.78 is 0. The maximum absolute atomic E-state index is 12.3. The van der Waals surface area contributed by atoms with Crippen molar-refractivity contribution in [2.45, 2.75) is 12.3 Å². The number of nitriles is 1. The highest BCUT2D eigenvalue weighted by molar-refractivity contribution is 6.30. The zero-order valence-corrected chi connectivity index (χ0v) is 18.1. The van der Waals surface area contributed by atoms with E-state index >= 15 is 0 Å². The highest BCUT2D eigenvalue weighted by Crippen LogP contribution is 2.25. The Morgan fingerprint density at radius 3 is 2.52 bits per heavy atom. The van der Waals surface area contributed by atoms with Gasteiger partial charge in [0.1, 0.15) is 0 Å². The van der Waals surface area contributed by atoms with Gasteiger partial charge >= 0.3 is 6.03 Å². The van der Waals surface area contributed by atoms with Gasteiger partial charge in [-0.05, 0) is 67.0 Å². The van der Waals surface area contributed by atoms with Gasteiger partial charge in [0, 0.05) is 23.2 Å². The van der Waals surface area contributed by atoms with Gasteiger partial charge in [-0.25, -0.2) is 4.79 Å². The minimum Gasteiger partial charge on any atom is -0.337 e. The lowest BCUT2D eigenvalue weighted by atomic mass is 9.93. The Bertz CT molecular complexity index is 1060. The predicted molar refractivity (Wildman–Crippen MR) is 126 cm³/mol. The molecular weight excluding hydrogens is 408 g/mol. The second kappa shape index (κ2) is 11.2. The molecule has 3 aromatic carbocycles. The molecule has 31 heavy (non-hydrogen) atoms. The lowest BCUT2D eigenvalue weighted by Gasteiger charge is -2.19. The molecule has 6 heteroatoms. The largest absolute Gasteiger partial charge is 0.337 e. The lowest BCUT2D eigenvalue weighted by molar-refractivity contribution is 0.251. The second-order valence-corrected chi connectivity index (χ2v) is 7.69. The first-order chi connectivity index (χ1) is 15.1. The van der Waals surface area contributed by atoms with Crippen LogP contribution in [0.1, 0.15) is 23.5 Å². The molecule has 0 saturated heterocycles. The van der Waals surface area contributed by atoms with E-state index in [4.69, 9.17) is 16.9 Å². The Balaban J connectivity index is 1.67. The van der Waals surface area contributed by atoms with Crippen molar-refractivity contribution < 1.29 is 4.79 Å². The molecule has 1 atom stereocenters. The molecule has 5 nitrogen and oxygen atoms in total. The summed E-state index contributed by atoms with van der Waals surface area (Å²) in [6.45, 7) is 1.35. The van der Waals surface area contributed by atoms with Crippen molar-refractivity contribution >= 4 is 23.3 Å². The van der Waals surface area contributed by atoms with E-state index in [1.807, 2.05) is 25.2 Å². The van der Waals surface area contributed by atoms with E-state index in [2.05, 4.69) is 46.3 Å². The van der Waals surface area contributed by atoms with Gasteiger partial charge in [-0.3, -0.25) is 0 Å². The van der Waals surface area contributed by atoms with E-state index in [9.17, 15) is 4.79 Å². The number of benzene rings is 3. The van der Waals surface area contributed by atoms with Crippen LogP contribution in [0.2, 0.25) is 5.02 Å². The molecule has 3 N–H and O–H groups in total. The normalized spacial score (nSPS) is 11.4. The van der Waals surface area contributed by atoms with Crippen LogP contribution < -0.4 is 16.0 Å². The molecule has 0 radical (unpaired) electrons. The topological polar surface area (TPSA) is 76.9 Å². The van der Waals surface area contributed by atoms with E-state index < -0.39 is 0 Å². The van der Waals surface area contributed by atoms with Crippen molar-refractivity contribution in [3.8, 4) is 17.2 Å². The van der Waals surface area contributed by atoms with Crippen LogP contribution in [0.4, 0.5) is 10.5 Å². The van der Waals surface area contributed by atoms with E-state index in [-0.39, 0.29) is 11.9 Å². The fourth-order valence-electron chi connectivity index (χ4n) is 3.38. The summed E-state index contributed by atoms with van der Waals surface area (Å²) in [6.07, 6.45) is 0.886. The number of nitrogens with one attached hydrogen (secondary N) is 3. The first-order valence-electron chi connectivity index (χ1n) is 10.1. The van der Waals surface area contributed by atoms with Gasteiger partial charge in [0.25, 0.3) is 0 Å². The molecule has 0 heterocycles. The third kappa shape index (κ3) is 6.58. The first-order valence-corrected chi connectivity index (χ1v) is 10.5. The van der Waals surface area contributed by atoms with Gasteiger partial charge in [-0.2, -0.15) is 5.26 Å². The summed E-state index contributed by atoms with van der Waals surface area (Å²) >= 11 is 5.97. The molecule has 0 bridgehead atoms. The number of halogens is 1. The minimum atomic E-state index is -0.262. The summed E-state index contributed by atoms with van der Waals surface area (Å²) in [6, 6.07) is 24.8. The summed E-state index contributed by atoms with van der Waals surface area (Å²) in [5.41, 5.74) is 4.51. The number of hydrogen-bond acceptors (Lipinski definition) is 3. The number of carbonyl (C=O) groups excluding carboxylic acids is 1. The predicted octanol–water partition coefficient (Wildman–Crippen LogP) is 5.39. The van der Waals surface area contributed by atoms with Gasteiger partial charge in [0.2, 0.25) is 0 Å². The highest BCUT2D eigenvalue weighted by atomic mass is 35.5. The molecule has 3 rings (SSSR count). The molecule has 0 aliphatic rings. The zero-order chi connectivity index (χ0) is 22.1. The van der Waals surface area contributed by atoms with Crippen LogP contribution in [-0.4, -0.2) is 26.2 Å². The molecule has 0 aromatic heterocycles. The van der Waals surface area contributed by atoms with E-state index in [1.165, 1.54) is 0 Å². The van der Waals surface area contributed by atoms with E-state index in [1.54, 1.807) is 30.3 Å². The molecule has 0 fully saturated rings. The molecule has 158 valence electrons. The number of nitrogens with zero attached hydrogens (tertiary/aromatic N) is 1. The van der Waals surface area contributed by atoms with Crippen molar-refractivity contribution in [3.05, 3.63) is 88.9 Å². The number of rotatable bonds is 8. The highest BCUT2D eigenvalue weighted by Gasteiger charge is 2.13. The van der Waals surface area contributed by atoms with Crippen molar-refractivity contribution in [2.75, 3.05) is 25.5 Å². The van der Waals surface area contributed by atoms with E-state index in [0.717, 1.165) is 29.7 Å². The Morgan fingerprint density at radius 2 is 1.81 bits per heavy atom. The number of anilines is 1. The van der Waals surface area contributed by atoms with Crippen molar-refractivity contribution in [1.29, 1.82) is 5.26 Å². The van der Waals surface area contributed by atoms with Crippen LogP contribution >= 0.6 is 11.6 Å². The molecule has 0 aliphatic carbocycles. The van der Waals surface area contributed by atoms with Crippen LogP contribution in [0.25, 0.3) is 11.1 Å². The van der Waals surface area contributed by atoms with Crippen molar-refractivity contribution in [1.82, 2.24) is 10.6 Å². The minimum absolute atomic E-state index is 0.164.